The summed E-state index contributed by atoms with van der Waals surface area (Å²) in [6.07, 6.45) is 0. The number of hydrogen-bond donors (Lipinski definition) is 0. The third-order valence-electron chi connectivity index (χ3n) is 12.5. The lowest BCUT2D eigenvalue weighted by Crippen LogP contribution is -2.41. The van der Waals surface area contributed by atoms with Gasteiger partial charge in [0.1, 0.15) is 0 Å². The van der Waals surface area contributed by atoms with Crippen LogP contribution in [-0.4, -0.2) is 18.3 Å². The van der Waals surface area contributed by atoms with Gasteiger partial charge in [0.15, 0.2) is 0 Å². The van der Waals surface area contributed by atoms with Crippen LogP contribution in [0.3, 0.4) is 0 Å². The Kier molecular flexibility index (Phi) is 121. The van der Waals surface area contributed by atoms with Crippen LogP contribution in [0.1, 0.15) is 52.7 Å². The van der Waals surface area contributed by atoms with Crippen LogP contribution >= 0.6 is 0 Å². The summed E-state index contributed by atoms with van der Waals surface area (Å²) in [5, 5.41) is 0. The van der Waals surface area contributed by atoms with Crippen LogP contribution in [0.25, 0.3) is 22.3 Å². The summed E-state index contributed by atoms with van der Waals surface area (Å²) in [7, 11) is 186. The summed E-state index contributed by atoms with van der Waals surface area (Å²) < 4.78 is 13.0. The van der Waals surface area contributed by atoms with Gasteiger partial charge >= 0.3 is 7.12 Å². The third-order valence-corrected chi connectivity index (χ3v) is 239. The Morgan fingerprint density at radius 3 is 0.601 bits per heavy atom. The van der Waals surface area contributed by atoms with Gasteiger partial charge in [0.05, 0.1) is 16.9 Å². The van der Waals surface area contributed by atoms with Crippen molar-refractivity contribution in [3.8, 4) is 22.3 Å². The van der Waals surface area contributed by atoms with Gasteiger partial charge in [-0.1, -0.05) is 105 Å². The Morgan fingerprint density at radius 2 is 0.378 bits per heavy atom. The van der Waals surface area contributed by atoms with Crippen molar-refractivity contribution in [1.29, 1.82) is 0 Å². The van der Waals surface area contributed by atoms with Gasteiger partial charge in [-0.3, -0.25) is 0 Å². The summed E-state index contributed by atoms with van der Waals surface area (Å²) in [6, 6.07) is 43.7. The lowest BCUT2D eigenvalue weighted by molar-refractivity contribution is 0.00578. The summed E-state index contributed by atoms with van der Waals surface area (Å²) in [4.78, 5) is 2.38. The van der Waals surface area contributed by atoms with Crippen molar-refractivity contribution in [2.45, 2.75) is 58.2 Å². The monoisotopic (exact) mass is 3920 g/mol. The number of nitrogens with zero attached hydrogens (tertiary/aromatic N) is 1. The van der Waals surface area contributed by atoms with E-state index < -0.39 is 18.3 Å². The maximum atomic E-state index is 6.48. The molecule has 0 spiro atoms. The van der Waals surface area contributed by atoms with Crippen molar-refractivity contribution in [2.75, 3.05) is 4.90 Å². The van der Waals surface area contributed by atoms with E-state index in [1.807, 2.05) is 790 Å². The summed E-state index contributed by atoms with van der Waals surface area (Å²) in [5.41, 5.74) is 11.1. The van der Waals surface area contributed by atoms with E-state index in [2.05, 4.69) is 168 Å². The Labute approximate surface area is 1160 Å². The van der Waals surface area contributed by atoms with Gasteiger partial charge in [0.2, 0.25) is 0 Å². The van der Waals surface area contributed by atoms with E-state index in [9.17, 15) is 0 Å². The van der Waals surface area contributed by atoms with Crippen LogP contribution < -0.4 is 10.4 Å². The topological polar surface area (TPSA) is 21.7 Å². The molecule has 1 fully saturated rings. The Morgan fingerprint density at radius 1 is 0.182 bits per heavy atom. The lowest BCUT2D eigenvalue weighted by Gasteiger charge is -2.32. The highest BCUT2D eigenvalue weighted by molar-refractivity contribution is 8.88. The molecular formula is C39H38BNO2S105. The van der Waals surface area contributed by atoms with E-state index in [-0.39, 0.29) is 5.41 Å². The molecule has 1 heterocycles. The molecule has 7 rings (SSSR count). The average molecular weight is 3930 g/mol. The van der Waals surface area contributed by atoms with Gasteiger partial charge in [-0.2, -0.15) is 0 Å². The van der Waals surface area contributed by atoms with Crippen molar-refractivity contribution >= 4 is 967 Å². The average Bonchev–Trinajstić information content (AvgIpc) is 1.56. The number of hydrogen-bond acceptors (Lipinski definition) is 5. The van der Waals surface area contributed by atoms with Crippen molar-refractivity contribution in [3.63, 3.8) is 0 Å². The molecule has 5 aromatic rings. The minimum atomic E-state index is -0.439. The molecule has 1 saturated heterocycles. The highest BCUT2D eigenvalue weighted by Gasteiger charge is 2.52. The van der Waals surface area contributed by atoms with Crippen molar-refractivity contribution < 1.29 is 9.31 Å². The van der Waals surface area contributed by atoms with Crippen molar-refractivity contribution in [2.24, 2.45) is 0 Å². The predicted octanol–water partition coefficient (Wildman–Crippen LogP) is 9.18. The molecule has 0 unspecified atom stereocenters. The van der Waals surface area contributed by atoms with E-state index in [1.165, 1.54) is 40.0 Å². The van der Waals surface area contributed by atoms with Gasteiger partial charge < -0.3 is 14.2 Å². The van der Waals surface area contributed by atoms with Crippen LogP contribution in [0.2, 0.25) is 0 Å². The summed E-state index contributed by atoms with van der Waals surface area (Å²) >= 11 is 9.66. The highest BCUT2D eigenvalue weighted by Crippen LogP contribution is 2.51. The maximum absolute atomic E-state index is 6.48. The molecule has 1 aliphatic carbocycles. The summed E-state index contributed by atoms with van der Waals surface area (Å²) in [5.74, 6) is 0. The number of anilines is 3. The molecule has 1 aliphatic heterocycles. The lowest BCUT2D eigenvalue weighted by atomic mass is 9.77. The molecule has 0 saturated carbocycles. The first-order valence-corrected chi connectivity index (χ1v) is 171. The van der Waals surface area contributed by atoms with Gasteiger partial charge in [0, 0.05) is 959 Å². The smallest absolute Gasteiger partial charge is 0.399 e. The Bertz CT molecular complexity index is 10800. The van der Waals surface area contributed by atoms with E-state index in [4.69, 9.17) is 31.7 Å². The second kappa shape index (κ2) is 115. The molecule has 0 amide bonds. The van der Waals surface area contributed by atoms with E-state index in [0.29, 0.717) is 0 Å². The SMILES string of the molecule is CC1(C)c2ccccc2-c2ccc(N(c3ccccc3)c3ccc(B4OC(C)(C)C(C)(C)O4)cc3-c3ccccc3)cc21.S=S=S=S=S=S=S=S=S=S=S=S=S=S=S=S=S=S=S=S=S=S=S=S=S=S=S=S=S=S=S=S=S=S=S=S=S=S=S=S=S=S=S=S=S=S=S=S=S=S=S=S=S=S=S=S=S=S=S=S=S=S=S=S=S=S=S=S=S=S=S=S=S=S=S=S=S=S=S=S=S=S=S=S=S=S=S=S=S=S=S=S=S=S=S=S=S=S=S=S=S=S=S=S=S. The van der Waals surface area contributed by atoms with Crippen LogP contribution in [0.4, 0.5) is 17.1 Å². The fraction of sp³-hybridized carbons (Fsp3) is 0.231. The predicted molar refractivity (Wildman–Crippen MR) is 953 cm³/mol. The van der Waals surface area contributed by atoms with Crippen LogP contribution in [0.15, 0.2) is 121 Å². The molecule has 0 bridgehead atoms. The number of fused-ring (bicyclic) bond motifs is 3. The fourth-order valence-corrected chi connectivity index (χ4v) is 285. The molecule has 3 nitrogen and oxygen atoms in total. The number of rotatable bonds is 5. The molecule has 109 heteroatoms. The minimum absolute atomic E-state index is 0.0901. The first-order valence-electron chi connectivity index (χ1n) is 32.5. The van der Waals surface area contributed by atoms with Gasteiger partial charge in [-0.15, -0.1) is 0 Å². The molecule has 5 aromatic carbocycles. The molecular weight excluding hydrogens is 3890 g/mol. The van der Waals surface area contributed by atoms with Gasteiger partial charge in [-0.25, -0.2) is 0 Å². The second-order valence-corrected chi connectivity index (χ2v) is 203. The third kappa shape index (κ3) is 84.6. The zero-order valence-electron chi connectivity index (χ0n) is 68.8. The van der Waals surface area contributed by atoms with Crippen LogP contribution in [0.5, 0.6) is 0 Å². The zero-order valence-corrected chi connectivity index (χ0v) is 154. The first-order chi connectivity index (χ1) is 73.0. The Balaban J connectivity index is 0.000000631. The second-order valence-electron chi connectivity index (χ2n) is 20.3. The molecule has 2 aliphatic rings. The first kappa shape index (κ1) is 156. The standard InChI is InChI=1S/C39H38BNO2.S105/c1-37(2)34-20-14-13-19-31(34)32-23-22-30(26-35(32)37)41(29-17-11-8-12-18-29)36-24-21-28(25-33(36)27-15-9-7-10-16-27)40-42-38(3,4)39(5,6)43-40;1-3-5-7-9-11-13-15-17-19-21-23-25-27-29-31-33-35-37-39-41-43-45-47-49-51-53-55-57-59-61-63-65-67-69-71-73-75-77-79-81-83-85-87-89-91-93-95-97-99-101-103-105-104-102-100-98-96-94-92-90-88-86-84-82-80-78-76-74-72-70-68-66-64-62-60-58-56-54-52-50-48-46-44-42-40-38-36-34-32-30-28-26-24-22-20-18-16-14-12-10-8-6-4-2/h7-26H,1-6H3;. The van der Waals surface area contributed by atoms with Crippen molar-refractivity contribution in [1.82, 2.24) is 0 Å². The fourth-order valence-electron chi connectivity index (χ4n) is 7.70. The van der Waals surface area contributed by atoms with E-state index >= 15 is 0 Å². The number of para-hydroxylation sites is 1. The molecule has 0 atom stereocenters. The molecule has 0 radical (unpaired) electrons. The quantitative estimate of drug-likeness (QED) is 0.164. The Hall–Kier alpha value is 19.0. The van der Waals surface area contributed by atoms with E-state index in [0.717, 1.165) is 33.7 Å². The zero-order chi connectivity index (χ0) is 105. The molecule has 148 heavy (non-hydrogen) atoms. The molecule has 0 N–H and O–H groups in total. The van der Waals surface area contributed by atoms with Crippen LogP contribution in [0, 0.1) is 0 Å². The van der Waals surface area contributed by atoms with E-state index in [1.54, 1.807) is 107 Å². The highest BCUT2D eigenvalue weighted by atomic mass is 33.6. The normalized spacial score (nSPS) is 10.6. The molecule has 844 valence electrons. The number of benzene rings is 5. The summed E-state index contributed by atoms with van der Waals surface area (Å²) in [6.45, 7) is 13.1. The largest absolute Gasteiger partial charge is 0.494 e. The van der Waals surface area contributed by atoms with Crippen molar-refractivity contribution in [3.05, 3.63) is 132 Å². The van der Waals surface area contributed by atoms with Gasteiger partial charge in [-0.05, 0) is 91.3 Å². The van der Waals surface area contributed by atoms with Gasteiger partial charge in [0.25, 0.3) is 0 Å². The van der Waals surface area contributed by atoms with Crippen LogP contribution in [-0.2, 0) is 952 Å². The maximum Gasteiger partial charge on any atom is 0.494 e. The minimum Gasteiger partial charge on any atom is -0.399 e. The molecule has 0 aromatic heterocycles.